The second kappa shape index (κ2) is 14.1. The number of piperidine rings is 1. The van der Waals surface area contributed by atoms with Crippen LogP contribution in [-0.2, 0) is 4.74 Å². The number of anilines is 2. The van der Waals surface area contributed by atoms with Gasteiger partial charge in [-0.15, -0.1) is 0 Å². The summed E-state index contributed by atoms with van der Waals surface area (Å²) in [6.07, 6.45) is 5.23. The highest BCUT2D eigenvalue weighted by Gasteiger charge is 2.29. The topological polar surface area (TPSA) is 94.0 Å². The maximum atomic E-state index is 11.3. The normalized spacial score (nSPS) is 24.7. The average molecular weight is 572 g/mol. The molecule has 5 rings (SSSR count). The zero-order valence-corrected chi connectivity index (χ0v) is 25.3. The van der Waals surface area contributed by atoms with Gasteiger partial charge in [-0.25, -0.2) is 4.99 Å². The molecule has 4 aliphatic heterocycles. The van der Waals surface area contributed by atoms with Crippen molar-refractivity contribution >= 4 is 25.8 Å². The van der Waals surface area contributed by atoms with E-state index in [9.17, 15) is 4.91 Å². The number of aliphatic imine (C=N–C) groups is 1. The van der Waals surface area contributed by atoms with Gasteiger partial charge in [-0.2, -0.15) is 4.91 Å². The van der Waals surface area contributed by atoms with Crippen molar-refractivity contribution in [1.29, 1.82) is 0 Å². The van der Waals surface area contributed by atoms with Crippen LogP contribution >= 0.6 is 8.58 Å². The smallest absolute Gasteiger partial charge is 0.144 e. The second-order valence-corrected chi connectivity index (χ2v) is 12.9. The maximum Gasteiger partial charge on any atom is 0.144 e. The summed E-state index contributed by atoms with van der Waals surface area (Å²) in [5, 5.41) is 11.7. The van der Waals surface area contributed by atoms with Crippen LogP contribution in [0.1, 0.15) is 39.0 Å². The van der Waals surface area contributed by atoms with Gasteiger partial charge in [0.1, 0.15) is 17.4 Å². The van der Waals surface area contributed by atoms with Crippen LogP contribution in [-0.4, -0.2) is 107 Å². The minimum atomic E-state index is -0.0352. The number of nitrogens with one attached hydrogen (secondary N) is 2. The highest BCUT2D eigenvalue weighted by molar-refractivity contribution is 7.45. The van der Waals surface area contributed by atoms with Crippen LogP contribution in [0.25, 0.3) is 0 Å². The summed E-state index contributed by atoms with van der Waals surface area (Å²) in [5.74, 6) is 2.61. The molecular weight excluding hydrogens is 525 g/mol. The Bertz CT molecular complexity index is 1060. The number of allylic oxidation sites excluding steroid dienone is 1. The highest BCUT2D eigenvalue weighted by Crippen LogP contribution is 2.40. The lowest BCUT2D eigenvalue weighted by Crippen LogP contribution is -2.52. The zero-order chi connectivity index (χ0) is 27.9. The fraction of sp³-hybridized carbons (Fsp3) is 0.690. The molecule has 1 aromatic rings. The van der Waals surface area contributed by atoms with Crippen molar-refractivity contribution in [3.05, 3.63) is 34.2 Å². The minimum absolute atomic E-state index is 0.0352. The third-order valence-electron chi connectivity index (χ3n) is 8.68. The Morgan fingerprint density at radius 1 is 1.10 bits per heavy atom. The van der Waals surface area contributed by atoms with Crippen LogP contribution in [0.3, 0.4) is 0 Å². The van der Waals surface area contributed by atoms with E-state index < -0.39 is 0 Å². The fourth-order valence-corrected chi connectivity index (χ4v) is 7.51. The number of hydrogen-bond acceptors (Lipinski definition) is 10. The monoisotopic (exact) mass is 571 g/mol. The molecule has 0 aromatic heterocycles. The fourth-order valence-electron chi connectivity index (χ4n) is 6.18. The molecule has 220 valence electrons. The molecule has 11 heteroatoms. The molecule has 2 atom stereocenters. The second-order valence-electron chi connectivity index (χ2n) is 11.3. The van der Waals surface area contributed by atoms with E-state index in [2.05, 4.69) is 62.7 Å². The first-order chi connectivity index (χ1) is 19.6. The van der Waals surface area contributed by atoms with Crippen molar-refractivity contribution in [2.75, 3.05) is 83.4 Å². The van der Waals surface area contributed by atoms with Gasteiger partial charge in [-0.3, -0.25) is 4.90 Å². The Kier molecular flexibility index (Phi) is 10.3. The molecule has 0 saturated carbocycles. The Morgan fingerprint density at radius 3 is 2.52 bits per heavy atom. The van der Waals surface area contributed by atoms with E-state index in [1.807, 2.05) is 0 Å². The summed E-state index contributed by atoms with van der Waals surface area (Å²) < 4.78 is 11.4. The molecule has 0 radical (unpaired) electrons. The number of piperazine rings is 1. The van der Waals surface area contributed by atoms with Gasteiger partial charge in [-0.1, -0.05) is 20.7 Å². The van der Waals surface area contributed by atoms with Crippen LogP contribution in [0.2, 0.25) is 0 Å². The van der Waals surface area contributed by atoms with Gasteiger partial charge in [0, 0.05) is 76.3 Å². The largest absolute Gasteiger partial charge is 0.495 e. The van der Waals surface area contributed by atoms with Crippen LogP contribution < -0.4 is 20.3 Å². The quantitative estimate of drug-likeness (QED) is 0.341. The Morgan fingerprint density at radius 2 is 1.85 bits per heavy atom. The van der Waals surface area contributed by atoms with Crippen molar-refractivity contribution in [1.82, 2.24) is 15.1 Å². The van der Waals surface area contributed by atoms with Gasteiger partial charge in [0.05, 0.1) is 25.0 Å². The van der Waals surface area contributed by atoms with Gasteiger partial charge in [0.15, 0.2) is 0 Å². The predicted octanol–water partition coefficient (Wildman–Crippen LogP) is 3.90. The van der Waals surface area contributed by atoms with Gasteiger partial charge >= 0.3 is 0 Å². The molecule has 10 nitrogen and oxygen atoms in total. The Balaban J connectivity index is 1.27. The summed E-state index contributed by atoms with van der Waals surface area (Å²) in [6, 6.07) is 7.36. The van der Waals surface area contributed by atoms with E-state index in [1.54, 1.807) is 7.11 Å². The van der Waals surface area contributed by atoms with E-state index in [4.69, 9.17) is 14.5 Å². The van der Waals surface area contributed by atoms with Crippen LogP contribution in [0.5, 0.6) is 5.75 Å². The van der Waals surface area contributed by atoms with E-state index in [-0.39, 0.29) is 12.2 Å². The van der Waals surface area contributed by atoms with Crippen LogP contribution in [0.15, 0.2) is 39.5 Å². The first-order valence-corrected chi connectivity index (χ1v) is 16.0. The number of rotatable bonds is 9. The highest BCUT2D eigenvalue weighted by atomic mass is 31.1. The lowest BCUT2D eigenvalue weighted by Gasteiger charge is -2.42. The predicted molar refractivity (Wildman–Crippen MR) is 165 cm³/mol. The number of amidine groups is 1. The molecule has 0 amide bonds. The molecule has 3 fully saturated rings. The lowest BCUT2D eigenvalue weighted by atomic mass is 10.0. The van der Waals surface area contributed by atoms with Crippen molar-refractivity contribution < 1.29 is 9.47 Å². The lowest BCUT2D eigenvalue weighted by molar-refractivity contribution is 0.0803. The maximum absolute atomic E-state index is 11.3. The molecule has 3 saturated heterocycles. The molecule has 0 bridgehead atoms. The molecule has 4 aliphatic rings. The van der Waals surface area contributed by atoms with Crippen LogP contribution in [0.4, 0.5) is 11.4 Å². The summed E-state index contributed by atoms with van der Waals surface area (Å²) in [7, 11) is 4.43. The molecule has 2 unspecified atom stereocenters. The minimum Gasteiger partial charge on any atom is -0.495 e. The number of hydrogen-bond donors (Lipinski definition) is 2. The molecule has 0 aliphatic carbocycles. The van der Waals surface area contributed by atoms with Crippen LogP contribution in [0, 0.1) is 4.91 Å². The standard InChI is InChI=1S/C29H46N7O3P/c1-4-26-28(31-21-9-17-39-18-10-21)33-29(27(40-26)20-30-37)32-22-5-6-24(25(19-22)38-3)36-11-7-23(8-12-36)35-15-13-34(2)14-16-35/h5-6,19,21,23,27,31,40H,4,7-18,20H2,1-3H3,(H,32,33). The van der Waals surface area contributed by atoms with Crippen molar-refractivity contribution in [2.45, 2.75) is 56.8 Å². The van der Waals surface area contributed by atoms with Crippen molar-refractivity contribution in [3.8, 4) is 5.75 Å². The number of methoxy groups -OCH3 is 1. The molecule has 0 spiro atoms. The number of benzene rings is 1. The molecule has 4 heterocycles. The zero-order valence-electron chi connectivity index (χ0n) is 24.3. The van der Waals surface area contributed by atoms with E-state index in [0.29, 0.717) is 20.7 Å². The first-order valence-electron chi connectivity index (χ1n) is 14.9. The van der Waals surface area contributed by atoms with E-state index >= 15 is 0 Å². The summed E-state index contributed by atoms with van der Waals surface area (Å²) in [4.78, 5) is 23.9. The summed E-state index contributed by atoms with van der Waals surface area (Å²) >= 11 is 0. The number of likely N-dealkylation sites (N-methyl/N-ethyl adjacent to an activating group) is 1. The molecular formula is C29H46N7O3P. The van der Waals surface area contributed by atoms with Gasteiger partial charge in [0.25, 0.3) is 0 Å². The van der Waals surface area contributed by atoms with Gasteiger partial charge in [-0.05, 0) is 56.6 Å². The molecule has 40 heavy (non-hydrogen) atoms. The van der Waals surface area contributed by atoms with E-state index in [1.165, 1.54) is 44.3 Å². The number of nitroso groups, excluding NO2 is 1. The van der Waals surface area contributed by atoms with Gasteiger partial charge < -0.3 is 29.9 Å². The third kappa shape index (κ3) is 7.14. The van der Waals surface area contributed by atoms with Crippen molar-refractivity contribution in [2.24, 2.45) is 10.2 Å². The molecule has 1 aromatic carbocycles. The van der Waals surface area contributed by atoms with E-state index in [0.717, 1.165) is 74.3 Å². The Hall–Kier alpha value is -2.26. The summed E-state index contributed by atoms with van der Waals surface area (Å²) in [6.45, 7) is 10.7. The number of ether oxygens (including phenoxy) is 2. The summed E-state index contributed by atoms with van der Waals surface area (Å²) in [5.41, 5.74) is 2.02. The first kappa shape index (κ1) is 29.2. The number of nitrogens with zero attached hydrogens (tertiary/aromatic N) is 5. The third-order valence-corrected chi connectivity index (χ3v) is 10.4. The van der Waals surface area contributed by atoms with Crippen molar-refractivity contribution in [3.63, 3.8) is 0 Å². The Labute approximate surface area is 240 Å². The average Bonchev–Trinajstić information content (AvgIpc) is 2.99. The van der Waals surface area contributed by atoms with Gasteiger partial charge in [0.2, 0.25) is 0 Å². The SMILES string of the molecule is CCC1=C(NC2CCOCC2)N=C(Nc2ccc(N3CCC(N4CCN(C)CC4)CC3)c(OC)c2)C(CN=O)P1. The molecule has 2 N–H and O–H groups in total.